The number of hydrogen-bond donors (Lipinski definition) is 1. The molecule has 2 N–H and O–H groups in total. The lowest BCUT2D eigenvalue weighted by Crippen LogP contribution is -2.36. The lowest BCUT2D eigenvalue weighted by molar-refractivity contribution is -0.126. The van der Waals surface area contributed by atoms with Crippen LogP contribution in [-0.2, 0) is 4.79 Å². The van der Waals surface area contributed by atoms with E-state index >= 15 is 0 Å². The highest BCUT2D eigenvalue weighted by atomic mass is 32.2. The van der Waals surface area contributed by atoms with Gasteiger partial charge in [-0.3, -0.25) is 14.5 Å². The van der Waals surface area contributed by atoms with Crippen molar-refractivity contribution in [3.8, 4) is 0 Å². The fraction of sp³-hybridized carbons (Fsp3) is 0.833. The lowest BCUT2D eigenvalue weighted by atomic mass is 9.86. The van der Waals surface area contributed by atoms with Crippen LogP contribution in [0.5, 0.6) is 0 Å². The average Bonchev–Trinajstić information content (AvgIpc) is 2.59. The van der Waals surface area contributed by atoms with Gasteiger partial charge in [0, 0.05) is 13.1 Å². The van der Waals surface area contributed by atoms with E-state index < -0.39 is 0 Å². The number of amides is 2. The summed E-state index contributed by atoms with van der Waals surface area (Å²) in [5, 5.41) is -0.251. The summed E-state index contributed by atoms with van der Waals surface area (Å²) in [5.74, 6) is 0.617. The molecule has 2 rings (SSSR count). The van der Waals surface area contributed by atoms with Gasteiger partial charge in [0.25, 0.3) is 5.24 Å². The Morgan fingerprint density at radius 1 is 1.24 bits per heavy atom. The fourth-order valence-corrected chi connectivity index (χ4v) is 3.85. The van der Waals surface area contributed by atoms with Crippen LogP contribution >= 0.6 is 11.8 Å². The van der Waals surface area contributed by atoms with Crippen LogP contribution in [-0.4, -0.2) is 34.4 Å². The molecule has 2 fully saturated rings. The summed E-state index contributed by atoms with van der Waals surface area (Å²) in [6, 6.07) is 0. The van der Waals surface area contributed by atoms with Crippen LogP contribution in [0.4, 0.5) is 4.79 Å². The van der Waals surface area contributed by atoms with Crippen LogP contribution in [0.3, 0.4) is 0 Å². The summed E-state index contributed by atoms with van der Waals surface area (Å²) in [6.45, 7) is 0.722. The number of carbonyl (C=O) groups excluding carboxylic acids is 2. The largest absolute Gasteiger partial charge is 0.329 e. The van der Waals surface area contributed by atoms with E-state index in [4.69, 9.17) is 5.73 Å². The van der Waals surface area contributed by atoms with Gasteiger partial charge < -0.3 is 5.73 Å². The molecule has 0 aromatic heterocycles. The average molecular weight is 256 g/mol. The number of nitrogens with zero attached hydrogens (tertiary/aromatic N) is 1. The van der Waals surface area contributed by atoms with Crippen LogP contribution in [0.1, 0.15) is 38.5 Å². The van der Waals surface area contributed by atoms with Crippen LogP contribution in [0, 0.1) is 5.92 Å². The van der Waals surface area contributed by atoms with Crippen LogP contribution in [0.25, 0.3) is 0 Å². The van der Waals surface area contributed by atoms with E-state index in [1.165, 1.54) is 48.8 Å². The molecule has 0 aromatic carbocycles. The summed E-state index contributed by atoms with van der Waals surface area (Å²) in [5.41, 5.74) is 5.41. The fourth-order valence-electron chi connectivity index (χ4n) is 2.70. The minimum atomic E-state index is -0.142. The summed E-state index contributed by atoms with van der Waals surface area (Å²) in [7, 11) is 0. The number of thioether (sulfide) groups is 1. The molecule has 0 radical (unpaired) electrons. The molecule has 0 unspecified atom stereocenters. The highest BCUT2D eigenvalue weighted by Crippen LogP contribution is 2.35. The van der Waals surface area contributed by atoms with Gasteiger partial charge in [-0.15, -0.1) is 0 Å². The SMILES string of the molecule is NCCN1C(=O)S[C@H](CC2CCCCC2)C1=O. The van der Waals surface area contributed by atoms with E-state index in [2.05, 4.69) is 0 Å². The molecule has 96 valence electrons. The second kappa shape index (κ2) is 5.87. The van der Waals surface area contributed by atoms with Crippen molar-refractivity contribution in [2.75, 3.05) is 13.1 Å². The van der Waals surface area contributed by atoms with Crippen molar-refractivity contribution in [3.63, 3.8) is 0 Å². The van der Waals surface area contributed by atoms with Crippen molar-refractivity contribution < 1.29 is 9.59 Å². The number of rotatable bonds is 4. The summed E-state index contributed by atoms with van der Waals surface area (Å²) in [6.07, 6.45) is 7.18. The van der Waals surface area contributed by atoms with Gasteiger partial charge in [-0.25, -0.2) is 0 Å². The first kappa shape index (κ1) is 12.9. The Labute approximate surface area is 106 Å². The molecule has 1 aliphatic carbocycles. The zero-order valence-electron chi connectivity index (χ0n) is 10.1. The predicted molar refractivity (Wildman–Crippen MR) is 68.7 cm³/mol. The van der Waals surface area contributed by atoms with Crippen LogP contribution < -0.4 is 5.73 Å². The van der Waals surface area contributed by atoms with Crippen molar-refractivity contribution in [3.05, 3.63) is 0 Å². The van der Waals surface area contributed by atoms with Gasteiger partial charge in [-0.05, 0) is 12.3 Å². The number of hydrogen-bond acceptors (Lipinski definition) is 4. The molecule has 1 atom stereocenters. The first-order valence-corrected chi connectivity index (χ1v) is 7.32. The first-order chi connectivity index (χ1) is 8.22. The maximum absolute atomic E-state index is 12.0. The summed E-state index contributed by atoms with van der Waals surface area (Å²) in [4.78, 5) is 25.0. The van der Waals surface area contributed by atoms with Gasteiger partial charge in [0.2, 0.25) is 5.91 Å². The van der Waals surface area contributed by atoms with Gasteiger partial charge in [0.15, 0.2) is 0 Å². The molecule has 0 bridgehead atoms. The molecule has 4 nitrogen and oxygen atoms in total. The maximum atomic E-state index is 12.0. The van der Waals surface area contributed by atoms with Crippen molar-refractivity contribution in [1.29, 1.82) is 0 Å². The normalized spacial score (nSPS) is 26.9. The first-order valence-electron chi connectivity index (χ1n) is 6.44. The Balaban J connectivity index is 1.89. The van der Waals surface area contributed by atoms with E-state index in [-0.39, 0.29) is 16.4 Å². The smallest absolute Gasteiger partial charge is 0.289 e. The molecule has 2 amide bonds. The minimum Gasteiger partial charge on any atom is -0.329 e. The minimum absolute atomic E-state index is 0.0176. The monoisotopic (exact) mass is 256 g/mol. The Morgan fingerprint density at radius 3 is 2.59 bits per heavy atom. The van der Waals surface area contributed by atoms with Gasteiger partial charge in [-0.1, -0.05) is 43.9 Å². The van der Waals surface area contributed by atoms with Crippen molar-refractivity contribution in [2.45, 2.75) is 43.8 Å². The Hall–Kier alpha value is -0.550. The molecule has 0 aromatic rings. The highest BCUT2D eigenvalue weighted by Gasteiger charge is 2.39. The number of carbonyl (C=O) groups is 2. The third-order valence-electron chi connectivity index (χ3n) is 3.63. The second-order valence-corrected chi connectivity index (χ2v) is 6.04. The van der Waals surface area contributed by atoms with Crippen molar-refractivity contribution in [1.82, 2.24) is 4.90 Å². The Bertz CT molecular complexity index is 303. The van der Waals surface area contributed by atoms with Gasteiger partial charge >= 0.3 is 0 Å². The van der Waals surface area contributed by atoms with E-state index in [9.17, 15) is 9.59 Å². The van der Waals surface area contributed by atoms with Crippen LogP contribution in [0.2, 0.25) is 0 Å². The maximum Gasteiger partial charge on any atom is 0.289 e. The molecule has 2 aliphatic rings. The zero-order valence-corrected chi connectivity index (χ0v) is 10.9. The molecule has 1 aliphatic heterocycles. The Kier molecular flexibility index (Phi) is 4.45. The van der Waals surface area contributed by atoms with Gasteiger partial charge in [0.05, 0.1) is 5.25 Å². The predicted octanol–water partition coefficient (Wildman–Crippen LogP) is 1.98. The molecule has 17 heavy (non-hydrogen) atoms. The zero-order chi connectivity index (χ0) is 12.3. The third kappa shape index (κ3) is 3.01. The quantitative estimate of drug-likeness (QED) is 0.835. The highest BCUT2D eigenvalue weighted by molar-refractivity contribution is 8.15. The van der Waals surface area contributed by atoms with E-state index in [0.29, 0.717) is 19.0 Å². The van der Waals surface area contributed by atoms with Crippen LogP contribution in [0.15, 0.2) is 0 Å². The van der Waals surface area contributed by atoms with Gasteiger partial charge in [0.1, 0.15) is 0 Å². The molecule has 1 saturated heterocycles. The third-order valence-corrected chi connectivity index (χ3v) is 4.73. The standard InChI is InChI=1S/C12H20N2O2S/c13-6-7-14-11(15)10(17-12(14)16)8-9-4-2-1-3-5-9/h9-10H,1-8,13H2/t10-/m1/s1. The molecule has 5 heteroatoms. The molecule has 1 saturated carbocycles. The van der Waals surface area contributed by atoms with E-state index in [1.54, 1.807) is 0 Å². The number of imide groups is 1. The van der Waals surface area contributed by atoms with Crippen molar-refractivity contribution in [2.24, 2.45) is 11.7 Å². The topological polar surface area (TPSA) is 63.4 Å². The molecule has 1 heterocycles. The van der Waals surface area contributed by atoms with Crippen molar-refractivity contribution >= 4 is 22.9 Å². The number of nitrogens with two attached hydrogens (primary N) is 1. The van der Waals surface area contributed by atoms with E-state index in [1.807, 2.05) is 0 Å². The molecule has 0 spiro atoms. The summed E-state index contributed by atoms with van der Waals surface area (Å²) >= 11 is 1.20. The summed E-state index contributed by atoms with van der Waals surface area (Å²) < 4.78 is 0. The lowest BCUT2D eigenvalue weighted by Gasteiger charge is -2.23. The molecular formula is C12H20N2O2S. The molecular weight excluding hydrogens is 236 g/mol. The Morgan fingerprint density at radius 2 is 1.94 bits per heavy atom. The van der Waals surface area contributed by atoms with E-state index in [0.717, 1.165) is 6.42 Å². The second-order valence-electron chi connectivity index (χ2n) is 4.89. The van der Waals surface area contributed by atoms with Gasteiger partial charge in [-0.2, -0.15) is 0 Å².